The van der Waals surface area contributed by atoms with Gasteiger partial charge in [0.05, 0.1) is 0 Å². The summed E-state index contributed by atoms with van der Waals surface area (Å²) in [6.45, 7) is 0. The van der Waals surface area contributed by atoms with Gasteiger partial charge in [0.25, 0.3) is 5.91 Å². The third-order valence-electron chi connectivity index (χ3n) is 2.37. The molecule has 1 saturated carbocycles. The maximum absolute atomic E-state index is 10.7. The zero-order valence-electron chi connectivity index (χ0n) is 7.73. The van der Waals surface area contributed by atoms with Gasteiger partial charge >= 0.3 is 0 Å². The molecule has 0 spiro atoms. The molecule has 1 aromatic rings. The van der Waals surface area contributed by atoms with Gasteiger partial charge < -0.3 is 11.1 Å². The molecule has 0 saturated heterocycles. The fraction of sp³-hybridized carbons (Fsp3) is 0.444. The zero-order valence-corrected chi connectivity index (χ0v) is 7.73. The number of nitrogens with zero attached hydrogens (tertiary/aromatic N) is 2. The summed E-state index contributed by atoms with van der Waals surface area (Å²) in [4.78, 5) is 10.7. The molecule has 1 aromatic heterocycles. The standard InChI is InChI=1S/C9H12N4O/c10-9(14)7-4-5-8(13-12-7)11-6-2-1-3-6/h4-6H,1-3H2,(H2,10,14)(H,11,13). The molecule has 1 fully saturated rings. The summed E-state index contributed by atoms with van der Waals surface area (Å²) in [5.41, 5.74) is 5.24. The number of amides is 1. The van der Waals surface area contributed by atoms with Crippen molar-refractivity contribution in [3.05, 3.63) is 17.8 Å². The topological polar surface area (TPSA) is 80.9 Å². The number of anilines is 1. The number of hydrogen-bond donors (Lipinski definition) is 2. The van der Waals surface area contributed by atoms with Gasteiger partial charge in [0, 0.05) is 6.04 Å². The van der Waals surface area contributed by atoms with Crippen molar-refractivity contribution in [3.8, 4) is 0 Å². The molecule has 0 aliphatic heterocycles. The molecule has 74 valence electrons. The Morgan fingerprint density at radius 3 is 2.64 bits per heavy atom. The van der Waals surface area contributed by atoms with Gasteiger partial charge in [-0.15, -0.1) is 10.2 Å². The van der Waals surface area contributed by atoms with Crippen LogP contribution in [-0.4, -0.2) is 22.1 Å². The number of carbonyl (C=O) groups is 1. The molecule has 1 aliphatic carbocycles. The van der Waals surface area contributed by atoms with Crippen LogP contribution in [0, 0.1) is 0 Å². The first-order valence-corrected chi connectivity index (χ1v) is 4.66. The number of hydrogen-bond acceptors (Lipinski definition) is 4. The van der Waals surface area contributed by atoms with Gasteiger partial charge in [-0.2, -0.15) is 0 Å². The lowest BCUT2D eigenvalue weighted by molar-refractivity contribution is 0.0994. The number of primary amides is 1. The minimum absolute atomic E-state index is 0.198. The van der Waals surface area contributed by atoms with Crippen molar-refractivity contribution in [2.24, 2.45) is 5.73 Å². The smallest absolute Gasteiger partial charge is 0.269 e. The van der Waals surface area contributed by atoms with E-state index in [2.05, 4.69) is 15.5 Å². The molecule has 5 nitrogen and oxygen atoms in total. The van der Waals surface area contributed by atoms with Crippen molar-refractivity contribution in [1.82, 2.24) is 10.2 Å². The summed E-state index contributed by atoms with van der Waals surface area (Å²) in [6.07, 6.45) is 3.63. The van der Waals surface area contributed by atoms with Crippen LogP contribution < -0.4 is 11.1 Å². The van der Waals surface area contributed by atoms with E-state index in [0.29, 0.717) is 11.9 Å². The summed E-state index contributed by atoms with van der Waals surface area (Å²) >= 11 is 0. The molecule has 5 heteroatoms. The molecule has 1 aliphatic rings. The van der Waals surface area contributed by atoms with Crippen LogP contribution >= 0.6 is 0 Å². The van der Waals surface area contributed by atoms with Crippen LogP contribution in [0.15, 0.2) is 12.1 Å². The third kappa shape index (κ3) is 1.81. The Labute approximate surface area is 81.7 Å². The van der Waals surface area contributed by atoms with E-state index < -0.39 is 5.91 Å². The molecule has 0 atom stereocenters. The second-order valence-electron chi connectivity index (χ2n) is 3.44. The van der Waals surface area contributed by atoms with Gasteiger partial charge in [0.2, 0.25) is 0 Å². The highest BCUT2D eigenvalue weighted by molar-refractivity contribution is 5.90. The molecule has 0 unspecified atom stereocenters. The highest BCUT2D eigenvalue weighted by Crippen LogP contribution is 2.21. The molecule has 0 bridgehead atoms. The lowest BCUT2D eigenvalue weighted by Crippen LogP contribution is -2.27. The van der Waals surface area contributed by atoms with E-state index in [-0.39, 0.29) is 5.69 Å². The van der Waals surface area contributed by atoms with E-state index in [1.807, 2.05) is 0 Å². The van der Waals surface area contributed by atoms with Crippen molar-refractivity contribution < 1.29 is 4.79 Å². The van der Waals surface area contributed by atoms with Gasteiger partial charge in [0.1, 0.15) is 5.82 Å². The molecule has 2 rings (SSSR count). The number of rotatable bonds is 3. The average Bonchev–Trinajstić information content (AvgIpc) is 2.12. The van der Waals surface area contributed by atoms with E-state index in [9.17, 15) is 4.79 Å². The summed E-state index contributed by atoms with van der Waals surface area (Å²) in [6, 6.07) is 3.82. The first-order chi connectivity index (χ1) is 6.75. The van der Waals surface area contributed by atoms with Crippen LogP contribution in [0.3, 0.4) is 0 Å². The van der Waals surface area contributed by atoms with Gasteiger partial charge in [-0.3, -0.25) is 4.79 Å². The lowest BCUT2D eigenvalue weighted by Gasteiger charge is -2.26. The number of nitrogens with one attached hydrogen (secondary N) is 1. The zero-order chi connectivity index (χ0) is 9.97. The minimum atomic E-state index is -0.548. The van der Waals surface area contributed by atoms with Crippen molar-refractivity contribution in [1.29, 1.82) is 0 Å². The SMILES string of the molecule is NC(=O)c1ccc(NC2CCC2)nn1. The molecular formula is C9H12N4O. The first kappa shape index (κ1) is 8.93. The van der Waals surface area contributed by atoms with Gasteiger partial charge in [-0.25, -0.2) is 0 Å². The molecule has 0 radical (unpaired) electrons. The summed E-state index contributed by atoms with van der Waals surface area (Å²) in [5, 5.41) is 10.8. The second-order valence-corrected chi connectivity index (χ2v) is 3.44. The van der Waals surface area contributed by atoms with Crippen LogP contribution in [-0.2, 0) is 0 Å². The Bertz CT molecular complexity index is 331. The molecule has 1 heterocycles. The second kappa shape index (κ2) is 3.61. The van der Waals surface area contributed by atoms with Crippen molar-refractivity contribution >= 4 is 11.7 Å². The molecule has 1 amide bonds. The van der Waals surface area contributed by atoms with E-state index in [1.54, 1.807) is 12.1 Å². The van der Waals surface area contributed by atoms with E-state index in [4.69, 9.17) is 5.73 Å². The highest BCUT2D eigenvalue weighted by atomic mass is 16.1. The van der Waals surface area contributed by atoms with E-state index >= 15 is 0 Å². The Morgan fingerprint density at radius 2 is 2.21 bits per heavy atom. The van der Waals surface area contributed by atoms with Crippen molar-refractivity contribution in [2.45, 2.75) is 25.3 Å². The van der Waals surface area contributed by atoms with Gasteiger partial charge in [-0.05, 0) is 31.4 Å². The third-order valence-corrected chi connectivity index (χ3v) is 2.37. The van der Waals surface area contributed by atoms with E-state index in [1.165, 1.54) is 19.3 Å². The number of carbonyl (C=O) groups excluding carboxylic acids is 1. The Morgan fingerprint density at radius 1 is 1.43 bits per heavy atom. The van der Waals surface area contributed by atoms with Crippen LogP contribution in [0.5, 0.6) is 0 Å². The van der Waals surface area contributed by atoms with Crippen LogP contribution in [0.4, 0.5) is 5.82 Å². The van der Waals surface area contributed by atoms with Gasteiger partial charge in [-0.1, -0.05) is 0 Å². The fourth-order valence-electron chi connectivity index (χ4n) is 1.30. The predicted molar refractivity (Wildman–Crippen MR) is 51.8 cm³/mol. The molecular weight excluding hydrogens is 180 g/mol. The first-order valence-electron chi connectivity index (χ1n) is 4.66. The van der Waals surface area contributed by atoms with Crippen molar-refractivity contribution in [3.63, 3.8) is 0 Å². The Balaban J connectivity index is 2.01. The summed E-state index contributed by atoms with van der Waals surface area (Å²) in [5.74, 6) is 0.160. The van der Waals surface area contributed by atoms with Crippen LogP contribution in [0.1, 0.15) is 29.8 Å². The number of nitrogens with two attached hydrogens (primary N) is 1. The van der Waals surface area contributed by atoms with Crippen LogP contribution in [0.2, 0.25) is 0 Å². The largest absolute Gasteiger partial charge is 0.366 e. The lowest BCUT2D eigenvalue weighted by atomic mass is 9.93. The van der Waals surface area contributed by atoms with Gasteiger partial charge in [0.15, 0.2) is 5.69 Å². The highest BCUT2D eigenvalue weighted by Gasteiger charge is 2.17. The Hall–Kier alpha value is -1.65. The molecule has 3 N–H and O–H groups in total. The number of aromatic nitrogens is 2. The minimum Gasteiger partial charge on any atom is -0.366 e. The molecule has 0 aromatic carbocycles. The fourth-order valence-corrected chi connectivity index (χ4v) is 1.30. The van der Waals surface area contributed by atoms with E-state index in [0.717, 1.165) is 0 Å². The predicted octanol–water partition coefficient (Wildman–Crippen LogP) is 0.540. The quantitative estimate of drug-likeness (QED) is 0.732. The summed E-state index contributed by atoms with van der Waals surface area (Å²) in [7, 11) is 0. The summed E-state index contributed by atoms with van der Waals surface area (Å²) < 4.78 is 0. The van der Waals surface area contributed by atoms with Crippen molar-refractivity contribution in [2.75, 3.05) is 5.32 Å². The van der Waals surface area contributed by atoms with Crippen LogP contribution in [0.25, 0.3) is 0 Å². The maximum atomic E-state index is 10.7. The molecule has 14 heavy (non-hydrogen) atoms. The Kier molecular flexibility index (Phi) is 2.30. The monoisotopic (exact) mass is 192 g/mol. The maximum Gasteiger partial charge on any atom is 0.269 e. The normalized spacial score (nSPS) is 16.0. The average molecular weight is 192 g/mol.